The number of piperazine rings is 1. The van der Waals surface area contributed by atoms with E-state index in [9.17, 15) is 10.1 Å². The van der Waals surface area contributed by atoms with Gasteiger partial charge in [-0.3, -0.25) is 10.1 Å². The minimum absolute atomic E-state index is 0.0125. The van der Waals surface area contributed by atoms with E-state index in [1.54, 1.807) is 12.1 Å². The minimum atomic E-state index is -0.363. The Morgan fingerprint density at radius 2 is 1.75 bits per heavy atom. The average Bonchev–Trinajstić information content (AvgIpc) is 2.60. The van der Waals surface area contributed by atoms with Crippen molar-refractivity contribution >= 4 is 22.3 Å². The second-order valence-electron chi connectivity index (χ2n) is 5.62. The number of benzene rings is 1. The van der Waals surface area contributed by atoms with Crippen molar-refractivity contribution in [3.8, 4) is 11.5 Å². The van der Waals surface area contributed by atoms with Crippen LogP contribution in [-0.4, -0.2) is 50.3 Å². The number of hydrogen-bond acceptors (Lipinski definition) is 7. The predicted molar refractivity (Wildman–Crippen MR) is 91.3 cm³/mol. The van der Waals surface area contributed by atoms with Crippen molar-refractivity contribution in [1.82, 2.24) is 10.3 Å². The van der Waals surface area contributed by atoms with Crippen molar-refractivity contribution < 1.29 is 14.4 Å². The molecule has 0 radical (unpaired) electrons. The molecule has 24 heavy (non-hydrogen) atoms. The smallest absolute Gasteiger partial charge is 0.319 e. The maximum absolute atomic E-state index is 11.8. The molecule has 1 saturated heterocycles. The van der Waals surface area contributed by atoms with Crippen LogP contribution < -0.4 is 19.7 Å². The lowest BCUT2D eigenvalue weighted by Gasteiger charge is -2.28. The summed E-state index contributed by atoms with van der Waals surface area (Å²) in [5.74, 6) is 1.41. The lowest BCUT2D eigenvalue weighted by molar-refractivity contribution is -0.382. The maximum Gasteiger partial charge on any atom is 0.319 e. The van der Waals surface area contributed by atoms with Crippen molar-refractivity contribution in [3.05, 3.63) is 27.9 Å². The number of hydrogen-bond donors (Lipinski definition) is 1. The van der Waals surface area contributed by atoms with Gasteiger partial charge in [-0.15, -0.1) is 0 Å². The van der Waals surface area contributed by atoms with Gasteiger partial charge in [0.2, 0.25) is 5.82 Å². The third kappa shape index (κ3) is 2.69. The standard InChI is InChI=1S/C16H20N4O4/c1-10-11-8-13(23-2)14(24-3)9-12(11)15(20(21)22)16(18-10)19-6-4-17-5-7-19/h8-9,17H,4-7H2,1-3H3. The summed E-state index contributed by atoms with van der Waals surface area (Å²) in [7, 11) is 3.05. The van der Waals surface area contributed by atoms with E-state index in [4.69, 9.17) is 9.47 Å². The van der Waals surface area contributed by atoms with Gasteiger partial charge in [-0.25, -0.2) is 4.98 Å². The highest BCUT2D eigenvalue weighted by atomic mass is 16.6. The normalized spacial score (nSPS) is 14.7. The summed E-state index contributed by atoms with van der Waals surface area (Å²) in [4.78, 5) is 17.9. The van der Waals surface area contributed by atoms with Gasteiger partial charge in [-0.05, 0) is 19.1 Å². The third-order valence-corrected chi connectivity index (χ3v) is 4.25. The van der Waals surface area contributed by atoms with Gasteiger partial charge in [-0.1, -0.05) is 0 Å². The number of pyridine rings is 1. The molecule has 2 heterocycles. The zero-order valence-electron chi connectivity index (χ0n) is 14.0. The molecule has 0 spiro atoms. The Balaban J connectivity index is 2.29. The van der Waals surface area contributed by atoms with Crippen molar-refractivity contribution in [1.29, 1.82) is 0 Å². The van der Waals surface area contributed by atoms with Crippen LogP contribution in [0.15, 0.2) is 12.1 Å². The maximum atomic E-state index is 11.8. The van der Waals surface area contributed by atoms with E-state index in [-0.39, 0.29) is 10.6 Å². The van der Waals surface area contributed by atoms with Gasteiger partial charge in [0.05, 0.1) is 24.5 Å². The fourth-order valence-corrected chi connectivity index (χ4v) is 3.04. The van der Waals surface area contributed by atoms with Crippen LogP contribution in [0.25, 0.3) is 10.8 Å². The van der Waals surface area contributed by atoms with Crippen molar-refractivity contribution in [2.45, 2.75) is 6.92 Å². The van der Waals surface area contributed by atoms with Gasteiger partial charge in [0, 0.05) is 37.3 Å². The van der Waals surface area contributed by atoms with Crippen LogP contribution in [0, 0.1) is 17.0 Å². The quantitative estimate of drug-likeness (QED) is 0.675. The number of rotatable bonds is 4. The molecule has 0 bridgehead atoms. The topological polar surface area (TPSA) is 89.8 Å². The molecule has 3 rings (SSSR count). The van der Waals surface area contributed by atoms with Gasteiger partial charge >= 0.3 is 5.69 Å². The number of aromatic nitrogens is 1. The van der Waals surface area contributed by atoms with E-state index in [1.807, 2.05) is 11.8 Å². The second kappa shape index (κ2) is 6.48. The predicted octanol–water partition coefficient (Wildman–Crippen LogP) is 1.88. The van der Waals surface area contributed by atoms with Gasteiger partial charge in [0.1, 0.15) is 0 Å². The Kier molecular flexibility index (Phi) is 4.39. The summed E-state index contributed by atoms with van der Waals surface area (Å²) in [6, 6.07) is 3.40. The fraction of sp³-hybridized carbons (Fsp3) is 0.438. The second-order valence-corrected chi connectivity index (χ2v) is 5.62. The van der Waals surface area contributed by atoms with Crippen LogP contribution >= 0.6 is 0 Å². The Labute approximate surface area is 139 Å². The van der Waals surface area contributed by atoms with Crippen LogP contribution in [0.3, 0.4) is 0 Å². The Hall–Kier alpha value is -2.61. The van der Waals surface area contributed by atoms with Crippen LogP contribution in [0.5, 0.6) is 11.5 Å². The van der Waals surface area contributed by atoms with Crippen LogP contribution in [-0.2, 0) is 0 Å². The van der Waals surface area contributed by atoms with Gasteiger partial charge in [-0.2, -0.15) is 0 Å². The molecule has 1 aromatic carbocycles. The molecule has 0 atom stereocenters. The highest BCUT2D eigenvalue weighted by Gasteiger charge is 2.28. The summed E-state index contributed by atoms with van der Waals surface area (Å²) in [6.45, 7) is 4.78. The summed E-state index contributed by atoms with van der Waals surface area (Å²) >= 11 is 0. The summed E-state index contributed by atoms with van der Waals surface area (Å²) in [5.41, 5.74) is 0.739. The molecular weight excluding hydrogens is 312 g/mol. The number of nitrogens with zero attached hydrogens (tertiary/aromatic N) is 3. The zero-order valence-corrected chi connectivity index (χ0v) is 14.0. The van der Waals surface area contributed by atoms with Crippen LogP contribution in [0.4, 0.5) is 11.5 Å². The van der Waals surface area contributed by atoms with E-state index < -0.39 is 0 Å². The van der Waals surface area contributed by atoms with Gasteiger partial charge < -0.3 is 19.7 Å². The number of fused-ring (bicyclic) bond motifs is 1. The van der Waals surface area contributed by atoms with Gasteiger partial charge in [0.15, 0.2) is 11.5 Å². The van der Waals surface area contributed by atoms with Crippen molar-refractivity contribution in [2.75, 3.05) is 45.3 Å². The van der Waals surface area contributed by atoms with Crippen molar-refractivity contribution in [3.63, 3.8) is 0 Å². The zero-order chi connectivity index (χ0) is 17.3. The lowest BCUT2D eigenvalue weighted by Crippen LogP contribution is -2.44. The van der Waals surface area contributed by atoms with Crippen LogP contribution in [0.1, 0.15) is 5.69 Å². The molecular formula is C16H20N4O4. The first-order valence-corrected chi connectivity index (χ1v) is 7.73. The molecule has 1 aliphatic heterocycles. The van der Waals surface area contributed by atoms with Crippen LogP contribution in [0.2, 0.25) is 0 Å². The largest absolute Gasteiger partial charge is 0.493 e. The SMILES string of the molecule is COc1cc2c(C)nc(N3CCNCC3)c([N+](=O)[O-])c2cc1OC. The number of nitrogens with one attached hydrogen (secondary N) is 1. The van der Waals surface area contributed by atoms with E-state index in [1.165, 1.54) is 14.2 Å². The van der Waals surface area contributed by atoms with E-state index in [2.05, 4.69) is 10.3 Å². The summed E-state index contributed by atoms with van der Waals surface area (Å²) in [5, 5.41) is 16.2. The molecule has 0 unspecified atom stereocenters. The fourth-order valence-electron chi connectivity index (χ4n) is 3.04. The van der Waals surface area contributed by atoms with Crippen molar-refractivity contribution in [2.24, 2.45) is 0 Å². The molecule has 1 aromatic heterocycles. The van der Waals surface area contributed by atoms with E-state index in [0.717, 1.165) is 18.8 Å². The molecule has 0 aliphatic carbocycles. The molecule has 0 saturated carbocycles. The molecule has 0 amide bonds. The summed E-state index contributed by atoms with van der Waals surface area (Å²) < 4.78 is 10.6. The first-order valence-electron chi connectivity index (χ1n) is 7.73. The number of nitro groups is 1. The highest BCUT2D eigenvalue weighted by molar-refractivity contribution is 5.98. The van der Waals surface area contributed by atoms with Gasteiger partial charge in [0.25, 0.3) is 0 Å². The number of anilines is 1. The molecule has 1 fully saturated rings. The third-order valence-electron chi connectivity index (χ3n) is 4.25. The first-order chi connectivity index (χ1) is 11.6. The monoisotopic (exact) mass is 332 g/mol. The minimum Gasteiger partial charge on any atom is -0.493 e. The molecule has 2 aromatic rings. The molecule has 8 heteroatoms. The van der Waals surface area contributed by atoms with E-state index >= 15 is 0 Å². The van der Waals surface area contributed by atoms with E-state index in [0.29, 0.717) is 41.2 Å². The number of methoxy groups -OCH3 is 2. The first kappa shape index (κ1) is 16.3. The Bertz CT molecular complexity index is 787. The molecule has 1 N–H and O–H groups in total. The Morgan fingerprint density at radius 3 is 2.29 bits per heavy atom. The summed E-state index contributed by atoms with van der Waals surface area (Å²) in [6.07, 6.45) is 0. The molecule has 8 nitrogen and oxygen atoms in total. The number of ether oxygens (including phenoxy) is 2. The Morgan fingerprint density at radius 1 is 1.17 bits per heavy atom. The average molecular weight is 332 g/mol. The molecule has 1 aliphatic rings. The molecule has 128 valence electrons. The highest BCUT2D eigenvalue weighted by Crippen LogP contribution is 2.41. The lowest BCUT2D eigenvalue weighted by atomic mass is 10.1. The number of aryl methyl sites for hydroxylation is 1.